The van der Waals surface area contributed by atoms with E-state index in [0.29, 0.717) is 39.8 Å². The van der Waals surface area contributed by atoms with E-state index in [0.717, 1.165) is 0 Å². The first-order chi connectivity index (χ1) is 19.6. The maximum Gasteiger partial charge on any atom is 0.414 e. The molecule has 210 valence electrons. The molecule has 1 amide bonds. The zero-order valence-electron chi connectivity index (χ0n) is 23.4. The van der Waals surface area contributed by atoms with E-state index in [1.807, 2.05) is 30.3 Å². The minimum absolute atomic E-state index is 0.122. The molecule has 0 unspecified atom stereocenters. The topological polar surface area (TPSA) is 127 Å². The summed E-state index contributed by atoms with van der Waals surface area (Å²) in [7, 11) is 3.08. The van der Waals surface area contributed by atoms with E-state index in [2.05, 4.69) is 9.97 Å². The number of carbonyl (C=O) groups is 1. The smallest absolute Gasteiger partial charge is 0.414 e. The zero-order valence-corrected chi connectivity index (χ0v) is 23.4. The third-order valence-corrected chi connectivity index (χ3v) is 6.18. The summed E-state index contributed by atoms with van der Waals surface area (Å²) in [6.45, 7) is 5.37. The van der Waals surface area contributed by atoms with Crippen LogP contribution < -0.4 is 25.8 Å². The van der Waals surface area contributed by atoms with Crippen molar-refractivity contribution in [2.75, 3.05) is 24.8 Å². The van der Waals surface area contributed by atoms with Gasteiger partial charge in [0.2, 0.25) is 0 Å². The Kier molecular flexibility index (Phi) is 7.10. The molecule has 0 aliphatic carbocycles. The number of hydrogen-bond acceptors (Lipinski definition) is 8. The number of benzene rings is 3. The van der Waals surface area contributed by atoms with E-state index >= 15 is 0 Å². The molecule has 0 atom stereocenters. The van der Waals surface area contributed by atoms with Gasteiger partial charge in [0.15, 0.2) is 11.5 Å². The first kappa shape index (κ1) is 27.3. The Morgan fingerprint density at radius 2 is 1.61 bits per heavy atom. The summed E-state index contributed by atoms with van der Waals surface area (Å²) in [5, 5.41) is 0. The van der Waals surface area contributed by atoms with Gasteiger partial charge < -0.3 is 19.9 Å². The van der Waals surface area contributed by atoms with Crippen LogP contribution in [0.4, 0.5) is 16.3 Å². The average molecular weight is 555 g/mol. The molecule has 0 fully saturated rings. The Hall–Kier alpha value is -5.32. The first-order valence-electron chi connectivity index (χ1n) is 12.8. The number of fused-ring (bicyclic) bond motifs is 1. The minimum Gasteiger partial charge on any atom is -0.495 e. The number of hydrogen-bond donors (Lipinski definition) is 1. The van der Waals surface area contributed by atoms with Crippen molar-refractivity contribution in [3.8, 4) is 28.6 Å². The molecule has 0 aliphatic rings. The normalized spacial score (nSPS) is 11.3. The number of para-hydroxylation sites is 1. The fourth-order valence-corrected chi connectivity index (χ4v) is 4.29. The van der Waals surface area contributed by atoms with Gasteiger partial charge in [0.05, 0.1) is 18.5 Å². The van der Waals surface area contributed by atoms with Crippen LogP contribution in [0.25, 0.3) is 22.5 Å². The summed E-state index contributed by atoms with van der Waals surface area (Å²) in [6.07, 6.45) is 0.741. The molecule has 0 saturated heterocycles. The van der Waals surface area contributed by atoms with Crippen LogP contribution in [0.3, 0.4) is 0 Å². The van der Waals surface area contributed by atoms with Crippen molar-refractivity contribution in [2.45, 2.75) is 26.4 Å². The second-order valence-corrected chi connectivity index (χ2v) is 10.2. The van der Waals surface area contributed by atoms with Crippen LogP contribution >= 0.6 is 0 Å². The molecule has 0 radical (unpaired) electrons. The molecule has 0 spiro atoms. The van der Waals surface area contributed by atoms with E-state index in [1.165, 1.54) is 27.5 Å². The van der Waals surface area contributed by atoms with Gasteiger partial charge in [-0.2, -0.15) is 0 Å². The van der Waals surface area contributed by atoms with Crippen LogP contribution in [-0.2, 0) is 4.74 Å². The summed E-state index contributed by atoms with van der Waals surface area (Å²) >= 11 is 0. The first-order valence-corrected chi connectivity index (χ1v) is 12.8. The highest BCUT2D eigenvalue weighted by atomic mass is 16.6. The molecule has 5 rings (SSSR count). The number of nitrogens with zero attached hydrogens (tertiary/aromatic N) is 5. The molecule has 2 aromatic heterocycles. The minimum atomic E-state index is -0.679. The summed E-state index contributed by atoms with van der Waals surface area (Å²) < 4.78 is 19.8. The highest BCUT2D eigenvalue weighted by Gasteiger charge is 2.25. The fourth-order valence-electron chi connectivity index (χ4n) is 4.29. The molecular weight excluding hydrogens is 524 g/mol. The molecule has 0 bridgehead atoms. The Balaban J connectivity index is 1.63. The Morgan fingerprint density at radius 3 is 2.27 bits per heavy atom. The van der Waals surface area contributed by atoms with E-state index < -0.39 is 17.4 Å². The third-order valence-electron chi connectivity index (χ3n) is 6.18. The van der Waals surface area contributed by atoms with E-state index in [1.54, 1.807) is 70.3 Å². The van der Waals surface area contributed by atoms with Crippen LogP contribution in [0, 0.1) is 0 Å². The largest absolute Gasteiger partial charge is 0.495 e. The van der Waals surface area contributed by atoms with Crippen LogP contribution in [-0.4, -0.2) is 45.0 Å². The van der Waals surface area contributed by atoms with Gasteiger partial charge in [0, 0.05) is 12.7 Å². The second kappa shape index (κ2) is 10.7. The Morgan fingerprint density at radius 1 is 0.927 bits per heavy atom. The molecule has 2 heterocycles. The molecule has 3 aromatic carbocycles. The van der Waals surface area contributed by atoms with Crippen LogP contribution in [0.5, 0.6) is 17.2 Å². The lowest BCUT2D eigenvalue weighted by molar-refractivity contribution is 0.0589. The third kappa shape index (κ3) is 5.42. The van der Waals surface area contributed by atoms with Crippen molar-refractivity contribution in [1.82, 2.24) is 19.1 Å². The molecule has 41 heavy (non-hydrogen) atoms. The predicted octanol–water partition coefficient (Wildman–Crippen LogP) is 5.33. The van der Waals surface area contributed by atoms with Gasteiger partial charge >= 0.3 is 11.8 Å². The number of aromatic nitrogens is 4. The number of methoxy groups -OCH3 is 1. The SMILES string of the molecule is COc1ccc(N(C)C(=O)OC(C)(C)C)cc1-n1c(=O)n(-c2ccc(Oc3ccccc3)cc2)c2c(N)ncnc21. The molecule has 2 N–H and O–H groups in total. The number of anilines is 2. The van der Waals surface area contributed by atoms with Gasteiger partial charge in [-0.15, -0.1) is 0 Å². The number of nitrogens with two attached hydrogens (primary N) is 1. The van der Waals surface area contributed by atoms with Crippen LogP contribution in [0.15, 0.2) is 83.9 Å². The Labute approximate surface area is 236 Å². The van der Waals surface area contributed by atoms with Crippen LogP contribution in [0.1, 0.15) is 20.8 Å². The number of carbonyl (C=O) groups excluding carboxylic acids is 1. The van der Waals surface area contributed by atoms with Crippen molar-refractivity contribution >= 4 is 28.8 Å². The predicted molar refractivity (Wildman–Crippen MR) is 157 cm³/mol. The average Bonchev–Trinajstić information content (AvgIpc) is 3.25. The van der Waals surface area contributed by atoms with E-state index in [4.69, 9.17) is 19.9 Å². The maximum absolute atomic E-state index is 14.1. The summed E-state index contributed by atoms with van der Waals surface area (Å²) in [5.41, 5.74) is 7.10. The number of ether oxygens (including phenoxy) is 3. The summed E-state index contributed by atoms with van der Waals surface area (Å²) in [5.74, 6) is 1.79. The lowest BCUT2D eigenvalue weighted by Crippen LogP contribution is -2.34. The lowest BCUT2D eigenvalue weighted by Gasteiger charge is -2.25. The standard InChI is InChI=1S/C30H30N6O5/c1-30(2,3)41-29(38)34(4)20-13-16-24(39-5)23(17-20)36-27-25(26(31)32-18-33-27)35(28(36)37)19-11-14-22(15-12-19)40-21-9-7-6-8-10-21/h6-18H,1-5H3,(H2,31,32,33). The zero-order chi connectivity index (χ0) is 29.3. The summed E-state index contributed by atoms with van der Waals surface area (Å²) in [4.78, 5) is 36.7. The number of amides is 1. The highest BCUT2D eigenvalue weighted by Crippen LogP contribution is 2.32. The quantitative estimate of drug-likeness (QED) is 0.299. The highest BCUT2D eigenvalue weighted by molar-refractivity contribution is 5.89. The van der Waals surface area contributed by atoms with Gasteiger partial charge in [-0.25, -0.2) is 24.1 Å². The van der Waals surface area contributed by atoms with Crippen LogP contribution in [0.2, 0.25) is 0 Å². The van der Waals surface area contributed by atoms with Crippen molar-refractivity contribution in [1.29, 1.82) is 0 Å². The molecular formula is C30H30N6O5. The number of nitrogen functional groups attached to an aromatic ring is 1. The van der Waals surface area contributed by atoms with Crippen molar-refractivity contribution < 1.29 is 19.0 Å². The molecule has 11 heteroatoms. The molecule has 5 aromatic rings. The van der Waals surface area contributed by atoms with Crippen molar-refractivity contribution in [3.05, 3.63) is 89.6 Å². The van der Waals surface area contributed by atoms with Crippen molar-refractivity contribution in [2.24, 2.45) is 0 Å². The van der Waals surface area contributed by atoms with Gasteiger partial charge in [-0.3, -0.25) is 9.47 Å². The van der Waals surface area contributed by atoms with Gasteiger partial charge in [-0.05, 0) is 75.4 Å². The molecule has 0 saturated carbocycles. The Bertz CT molecular complexity index is 1770. The van der Waals surface area contributed by atoms with Gasteiger partial charge in [0.25, 0.3) is 0 Å². The number of imidazole rings is 1. The fraction of sp³-hybridized carbons (Fsp3) is 0.200. The monoisotopic (exact) mass is 554 g/mol. The maximum atomic E-state index is 14.1. The van der Waals surface area contributed by atoms with Gasteiger partial charge in [0.1, 0.15) is 34.7 Å². The number of rotatable bonds is 6. The molecule has 0 aliphatic heterocycles. The second-order valence-electron chi connectivity index (χ2n) is 10.2. The van der Waals surface area contributed by atoms with Gasteiger partial charge in [-0.1, -0.05) is 18.2 Å². The lowest BCUT2D eigenvalue weighted by atomic mass is 10.2. The molecule has 11 nitrogen and oxygen atoms in total. The van der Waals surface area contributed by atoms with E-state index in [9.17, 15) is 9.59 Å². The van der Waals surface area contributed by atoms with E-state index in [-0.39, 0.29) is 11.5 Å². The summed E-state index contributed by atoms with van der Waals surface area (Å²) in [6, 6.07) is 21.4. The van der Waals surface area contributed by atoms with Crippen molar-refractivity contribution in [3.63, 3.8) is 0 Å².